The summed E-state index contributed by atoms with van der Waals surface area (Å²) in [5, 5.41) is 23.7. The van der Waals surface area contributed by atoms with Crippen LogP contribution in [0, 0.1) is 12.8 Å². The number of hydrogen-bond donors (Lipinski definition) is 2. The summed E-state index contributed by atoms with van der Waals surface area (Å²) in [5.41, 5.74) is 3.76. The second-order valence-electron chi connectivity index (χ2n) is 9.72. The number of allylic oxidation sites excluding steroid dienone is 1. The molecule has 1 heterocycles. The summed E-state index contributed by atoms with van der Waals surface area (Å²) in [6, 6.07) is 23.7. The topological polar surface area (TPSA) is 114 Å². The molecule has 4 rings (SSSR count). The first-order chi connectivity index (χ1) is 19.8. The molecule has 1 aromatic heterocycles. The molecule has 1 atom stereocenters. The van der Waals surface area contributed by atoms with Gasteiger partial charge in [0, 0.05) is 17.8 Å². The number of carbonyl (C=O) groups is 2. The predicted molar refractivity (Wildman–Crippen MR) is 163 cm³/mol. The van der Waals surface area contributed by atoms with Crippen molar-refractivity contribution in [2.24, 2.45) is 16.1 Å². The van der Waals surface area contributed by atoms with Gasteiger partial charge in [0.2, 0.25) is 5.91 Å². The number of thioether (sulfide) groups is 1. The average molecular weight is 568 g/mol. The first-order valence-corrected chi connectivity index (χ1v) is 14.2. The SMILES string of the molecule is C=CCn1c(SCC(=O)Nc2ccc(N=Nc3ccccc3)cc2)nnc1[C@@H](NC(=O)c1ccc(C)cc1)C(C)C. The first-order valence-electron chi connectivity index (χ1n) is 13.2. The van der Waals surface area contributed by atoms with E-state index in [-0.39, 0.29) is 29.5 Å². The van der Waals surface area contributed by atoms with Crippen molar-refractivity contribution < 1.29 is 9.59 Å². The van der Waals surface area contributed by atoms with Gasteiger partial charge in [0.15, 0.2) is 11.0 Å². The third-order valence-electron chi connectivity index (χ3n) is 6.12. The lowest BCUT2D eigenvalue weighted by molar-refractivity contribution is -0.113. The molecule has 2 N–H and O–H groups in total. The van der Waals surface area contributed by atoms with E-state index in [1.165, 1.54) is 11.8 Å². The summed E-state index contributed by atoms with van der Waals surface area (Å²) >= 11 is 1.27. The highest BCUT2D eigenvalue weighted by atomic mass is 32.2. The summed E-state index contributed by atoms with van der Waals surface area (Å²) in [7, 11) is 0. The summed E-state index contributed by atoms with van der Waals surface area (Å²) in [6.07, 6.45) is 1.74. The van der Waals surface area contributed by atoms with E-state index >= 15 is 0 Å². The molecule has 0 aliphatic rings. The van der Waals surface area contributed by atoms with Crippen molar-refractivity contribution in [1.29, 1.82) is 0 Å². The molecule has 0 radical (unpaired) electrons. The van der Waals surface area contributed by atoms with Crippen LogP contribution in [-0.2, 0) is 11.3 Å². The fourth-order valence-corrected chi connectivity index (χ4v) is 4.70. The lowest BCUT2D eigenvalue weighted by Crippen LogP contribution is -2.33. The lowest BCUT2D eigenvalue weighted by atomic mass is 10.0. The number of aryl methyl sites for hydroxylation is 1. The van der Waals surface area contributed by atoms with Crippen LogP contribution in [0.3, 0.4) is 0 Å². The van der Waals surface area contributed by atoms with Gasteiger partial charge in [-0.2, -0.15) is 10.2 Å². The van der Waals surface area contributed by atoms with E-state index in [4.69, 9.17) is 0 Å². The Labute approximate surface area is 244 Å². The van der Waals surface area contributed by atoms with E-state index in [9.17, 15) is 9.59 Å². The van der Waals surface area contributed by atoms with Gasteiger partial charge in [0.05, 0.1) is 23.2 Å². The fraction of sp³-hybridized carbons (Fsp3) is 0.226. The Hall–Kier alpha value is -4.57. The van der Waals surface area contributed by atoms with E-state index in [0.717, 1.165) is 11.3 Å². The minimum absolute atomic E-state index is 0.0495. The molecule has 9 nitrogen and oxygen atoms in total. The van der Waals surface area contributed by atoms with Crippen molar-refractivity contribution in [2.45, 2.75) is 38.5 Å². The standard InChI is InChI=1S/C31H33N7O2S/c1-5-19-38-29(28(21(2)3)33-30(40)23-13-11-22(4)12-14-23)36-37-31(38)41-20-27(39)32-24-15-17-26(18-16-24)35-34-25-9-7-6-8-10-25/h5-18,21,28H,1,19-20H2,2-4H3,(H,32,39)(H,33,40)/t28-/m0/s1. The second-order valence-corrected chi connectivity index (χ2v) is 10.7. The molecule has 2 amide bonds. The van der Waals surface area contributed by atoms with Crippen LogP contribution in [0.2, 0.25) is 0 Å². The molecule has 0 spiro atoms. The van der Waals surface area contributed by atoms with Crippen LogP contribution in [0.25, 0.3) is 0 Å². The van der Waals surface area contributed by atoms with Gasteiger partial charge in [-0.25, -0.2) is 0 Å². The monoisotopic (exact) mass is 567 g/mol. The van der Waals surface area contributed by atoms with Crippen molar-refractivity contribution >= 4 is 40.6 Å². The summed E-state index contributed by atoms with van der Waals surface area (Å²) in [6.45, 7) is 10.3. The van der Waals surface area contributed by atoms with Crippen LogP contribution in [0.4, 0.5) is 17.1 Å². The number of amides is 2. The van der Waals surface area contributed by atoms with Gasteiger partial charge in [0.1, 0.15) is 0 Å². The molecule has 0 saturated heterocycles. The van der Waals surface area contributed by atoms with E-state index in [1.54, 1.807) is 42.5 Å². The number of benzene rings is 3. The molecule has 0 unspecified atom stereocenters. The molecule has 0 aliphatic carbocycles. The highest BCUT2D eigenvalue weighted by molar-refractivity contribution is 7.99. The third-order valence-corrected chi connectivity index (χ3v) is 7.09. The highest BCUT2D eigenvalue weighted by Gasteiger charge is 2.26. The second kappa shape index (κ2) is 14.2. The normalized spacial score (nSPS) is 11.9. The molecule has 4 aromatic rings. The van der Waals surface area contributed by atoms with Crippen LogP contribution >= 0.6 is 11.8 Å². The quantitative estimate of drug-likeness (QED) is 0.108. The number of nitrogens with one attached hydrogen (secondary N) is 2. The Bertz CT molecular complexity index is 1500. The molecule has 41 heavy (non-hydrogen) atoms. The summed E-state index contributed by atoms with van der Waals surface area (Å²) in [4.78, 5) is 25.7. The number of hydrogen-bond acceptors (Lipinski definition) is 7. The number of aromatic nitrogens is 3. The molecular weight excluding hydrogens is 534 g/mol. The Morgan fingerprint density at radius 1 is 0.951 bits per heavy atom. The molecule has 10 heteroatoms. The van der Waals surface area contributed by atoms with Crippen LogP contribution in [0.1, 0.15) is 41.6 Å². The van der Waals surface area contributed by atoms with E-state index in [0.29, 0.717) is 34.5 Å². The van der Waals surface area contributed by atoms with Crippen LogP contribution in [-0.4, -0.2) is 32.3 Å². The maximum atomic E-state index is 13.0. The van der Waals surface area contributed by atoms with Crippen molar-refractivity contribution in [1.82, 2.24) is 20.1 Å². The number of carbonyl (C=O) groups excluding carboxylic acids is 2. The molecular formula is C31H33N7O2S. The number of azo groups is 1. The van der Waals surface area contributed by atoms with E-state index < -0.39 is 0 Å². The number of anilines is 1. The minimum atomic E-state index is -0.378. The molecule has 0 aliphatic heterocycles. The van der Waals surface area contributed by atoms with Crippen LogP contribution in [0.15, 0.2) is 107 Å². The fourth-order valence-electron chi connectivity index (χ4n) is 3.95. The van der Waals surface area contributed by atoms with E-state index in [1.807, 2.05) is 67.8 Å². The number of nitrogens with zero attached hydrogens (tertiary/aromatic N) is 5. The van der Waals surface area contributed by atoms with Crippen molar-refractivity contribution in [3.63, 3.8) is 0 Å². The molecule has 0 fully saturated rings. The van der Waals surface area contributed by atoms with Crippen LogP contribution < -0.4 is 10.6 Å². The molecule has 0 bridgehead atoms. The highest BCUT2D eigenvalue weighted by Crippen LogP contribution is 2.26. The minimum Gasteiger partial charge on any atom is -0.342 e. The van der Waals surface area contributed by atoms with Gasteiger partial charge in [-0.3, -0.25) is 9.59 Å². The molecule has 3 aromatic carbocycles. The lowest BCUT2D eigenvalue weighted by Gasteiger charge is -2.22. The molecule has 210 valence electrons. The average Bonchev–Trinajstić information content (AvgIpc) is 3.37. The van der Waals surface area contributed by atoms with Crippen molar-refractivity contribution in [2.75, 3.05) is 11.1 Å². The maximum Gasteiger partial charge on any atom is 0.251 e. The van der Waals surface area contributed by atoms with Crippen molar-refractivity contribution in [3.05, 3.63) is 108 Å². The predicted octanol–water partition coefficient (Wildman–Crippen LogP) is 7.05. The van der Waals surface area contributed by atoms with E-state index in [2.05, 4.69) is 37.6 Å². The zero-order valence-electron chi connectivity index (χ0n) is 23.3. The summed E-state index contributed by atoms with van der Waals surface area (Å²) < 4.78 is 1.89. The third kappa shape index (κ3) is 8.21. The Balaban J connectivity index is 1.39. The van der Waals surface area contributed by atoms with Gasteiger partial charge in [-0.1, -0.05) is 67.6 Å². The number of rotatable bonds is 12. The largest absolute Gasteiger partial charge is 0.342 e. The smallest absolute Gasteiger partial charge is 0.251 e. The zero-order chi connectivity index (χ0) is 29.2. The van der Waals surface area contributed by atoms with Crippen LogP contribution in [0.5, 0.6) is 0 Å². The Morgan fingerprint density at radius 3 is 2.24 bits per heavy atom. The zero-order valence-corrected chi connectivity index (χ0v) is 24.1. The van der Waals surface area contributed by atoms with Gasteiger partial charge in [-0.05, 0) is 61.4 Å². The Morgan fingerprint density at radius 2 is 1.61 bits per heavy atom. The van der Waals surface area contributed by atoms with Crippen molar-refractivity contribution in [3.8, 4) is 0 Å². The molecule has 0 saturated carbocycles. The van der Waals surface area contributed by atoms with Gasteiger partial charge >= 0.3 is 0 Å². The maximum absolute atomic E-state index is 13.0. The van der Waals surface area contributed by atoms with Gasteiger partial charge < -0.3 is 15.2 Å². The summed E-state index contributed by atoms with van der Waals surface area (Å²) in [5.74, 6) is 0.429. The van der Waals surface area contributed by atoms with Gasteiger partial charge in [0.25, 0.3) is 5.91 Å². The Kier molecular flexibility index (Phi) is 10.2. The van der Waals surface area contributed by atoms with Gasteiger partial charge in [-0.15, -0.1) is 16.8 Å². The first kappa shape index (κ1) is 29.4.